The molecule has 0 aromatic rings. The summed E-state index contributed by atoms with van der Waals surface area (Å²) < 4.78 is 60.7. The topological polar surface area (TPSA) is 249 Å². The normalized spacial score (nSPS) is 10.0. The van der Waals surface area contributed by atoms with Crippen molar-refractivity contribution in [1.82, 2.24) is 9.80 Å². The predicted octanol–water partition coefficient (Wildman–Crippen LogP) is -3.42. The van der Waals surface area contributed by atoms with E-state index >= 15 is 0 Å². The molecule has 38 heavy (non-hydrogen) atoms. The van der Waals surface area contributed by atoms with E-state index in [0.29, 0.717) is 0 Å². The Balaban J connectivity index is -0.0000000890. The third-order valence-corrected chi connectivity index (χ3v) is 2.74. The minimum absolute atomic E-state index is 1.08. The standard InChI is InChI=1S/C12H24N2.6BFH2O2/c1-3-4-5-6-7-8-9-14-11-10-13(2)12-14;6*2-1(3)4/h10-11H,3-9,12H2,1-2H3;6*3-4H. The van der Waals surface area contributed by atoms with Crippen LogP contribution in [0.1, 0.15) is 45.4 Å². The lowest BCUT2D eigenvalue weighted by atomic mass is 10.1. The first-order chi connectivity index (χ1) is 17.2. The van der Waals surface area contributed by atoms with Crippen LogP contribution in [0.25, 0.3) is 0 Å². The van der Waals surface area contributed by atoms with Crippen LogP contribution in [0.3, 0.4) is 0 Å². The molecule has 226 valence electrons. The van der Waals surface area contributed by atoms with Gasteiger partial charge in [0.2, 0.25) is 0 Å². The van der Waals surface area contributed by atoms with Crippen molar-refractivity contribution < 1.29 is 86.2 Å². The molecular weight excluding hydrogens is 543 g/mol. The maximum Gasteiger partial charge on any atom is 0.674 e. The van der Waals surface area contributed by atoms with Crippen LogP contribution in [-0.2, 0) is 0 Å². The van der Waals surface area contributed by atoms with Gasteiger partial charge in [0.05, 0.1) is 6.67 Å². The Morgan fingerprint density at radius 1 is 0.526 bits per heavy atom. The van der Waals surface area contributed by atoms with Crippen LogP contribution in [-0.4, -0.2) is 135 Å². The van der Waals surface area contributed by atoms with Gasteiger partial charge in [-0.15, -0.1) is 0 Å². The van der Waals surface area contributed by atoms with Crippen molar-refractivity contribution in [2.45, 2.75) is 45.4 Å². The summed E-state index contributed by atoms with van der Waals surface area (Å²) in [4.78, 5) is 4.61. The molecule has 0 fully saturated rings. The van der Waals surface area contributed by atoms with Crippen molar-refractivity contribution in [3.63, 3.8) is 0 Å². The van der Waals surface area contributed by atoms with Crippen molar-refractivity contribution in [3.8, 4) is 0 Å². The van der Waals surface area contributed by atoms with Gasteiger partial charge in [0.25, 0.3) is 0 Å². The molecule has 0 radical (unpaired) electrons. The second-order valence-corrected chi connectivity index (χ2v) is 6.14. The van der Waals surface area contributed by atoms with Gasteiger partial charge in [-0.05, 0) is 6.42 Å². The van der Waals surface area contributed by atoms with E-state index in [-0.39, 0.29) is 0 Å². The van der Waals surface area contributed by atoms with Crippen molar-refractivity contribution in [1.29, 1.82) is 0 Å². The molecular formula is C12H36B6F6N2O12. The molecule has 26 heteroatoms. The van der Waals surface area contributed by atoms with E-state index in [9.17, 15) is 25.9 Å². The van der Waals surface area contributed by atoms with Crippen molar-refractivity contribution in [2.75, 3.05) is 20.3 Å². The minimum Gasteiger partial charge on any atom is -0.398 e. The Labute approximate surface area is 219 Å². The predicted molar refractivity (Wildman–Crippen MR) is 130 cm³/mol. The summed E-state index contributed by atoms with van der Waals surface area (Å²) in [6.07, 6.45) is 12.7. The van der Waals surface area contributed by atoms with Gasteiger partial charge < -0.3 is 70.1 Å². The first-order valence-corrected chi connectivity index (χ1v) is 10.4. The summed E-state index contributed by atoms with van der Waals surface area (Å²) in [6, 6.07) is 0. The van der Waals surface area contributed by atoms with Crippen LogP contribution in [0.4, 0.5) is 25.9 Å². The number of rotatable bonds is 7. The molecule has 0 atom stereocenters. The highest BCUT2D eigenvalue weighted by Crippen LogP contribution is 2.08. The first kappa shape index (κ1) is 49.7. The highest BCUT2D eigenvalue weighted by molar-refractivity contribution is 6.32. The molecule has 1 aliphatic heterocycles. The van der Waals surface area contributed by atoms with Crippen LogP contribution in [0.15, 0.2) is 12.4 Å². The molecule has 12 N–H and O–H groups in total. The fraction of sp³-hybridized carbons (Fsp3) is 0.833. The summed E-state index contributed by atoms with van der Waals surface area (Å²) >= 11 is 0. The molecule has 0 spiro atoms. The average Bonchev–Trinajstić information content (AvgIpc) is 3.07. The van der Waals surface area contributed by atoms with Crippen LogP contribution in [0.2, 0.25) is 0 Å². The minimum atomic E-state index is -2.67. The van der Waals surface area contributed by atoms with E-state index in [1.54, 1.807) is 0 Å². The number of hydrogen-bond donors (Lipinski definition) is 12. The zero-order valence-electron chi connectivity index (χ0n) is 20.8. The van der Waals surface area contributed by atoms with Crippen LogP contribution < -0.4 is 0 Å². The van der Waals surface area contributed by atoms with Gasteiger partial charge in [-0.3, -0.25) is 25.9 Å². The molecule has 0 amide bonds. The number of hydrogen-bond acceptors (Lipinski definition) is 14. The third kappa shape index (κ3) is 159. The molecule has 0 bridgehead atoms. The molecule has 1 rings (SSSR count). The molecule has 0 unspecified atom stereocenters. The SMILES string of the molecule is CCCCCCCCN1C=CN(C)C1.OB(O)F.OB(O)F.OB(O)F.OB(O)F.OB(O)F.OB(O)F. The Bertz CT molecular complexity index is 387. The lowest BCUT2D eigenvalue weighted by molar-refractivity contribution is 0.290. The fourth-order valence-electron chi connectivity index (χ4n) is 1.83. The largest absolute Gasteiger partial charge is 0.674 e. The summed E-state index contributed by atoms with van der Waals surface area (Å²) in [5.41, 5.74) is 0. The van der Waals surface area contributed by atoms with Gasteiger partial charge in [0, 0.05) is 26.0 Å². The third-order valence-electron chi connectivity index (χ3n) is 2.74. The zero-order valence-corrected chi connectivity index (χ0v) is 20.8. The van der Waals surface area contributed by atoms with E-state index in [0.717, 1.165) is 6.67 Å². The van der Waals surface area contributed by atoms with Gasteiger partial charge in [-0.1, -0.05) is 39.0 Å². The summed E-state index contributed by atoms with van der Waals surface area (Å²) in [5, 5.41) is 83.3. The van der Waals surface area contributed by atoms with Gasteiger partial charge in [-0.2, -0.15) is 0 Å². The van der Waals surface area contributed by atoms with E-state index in [1.807, 2.05) is 0 Å². The number of halogens is 6. The number of nitrogens with zero attached hydrogens (tertiary/aromatic N) is 2. The van der Waals surface area contributed by atoms with Crippen LogP contribution >= 0.6 is 0 Å². The molecule has 0 aromatic carbocycles. The molecule has 0 aromatic heterocycles. The van der Waals surface area contributed by atoms with E-state index in [4.69, 9.17) is 60.3 Å². The van der Waals surface area contributed by atoms with E-state index in [1.165, 1.54) is 45.1 Å². The average molecular weight is 579 g/mol. The summed E-state index contributed by atoms with van der Waals surface area (Å²) in [5.74, 6) is 0. The molecule has 0 saturated heterocycles. The Hall–Kier alpha value is -1.17. The monoisotopic (exact) mass is 580 g/mol. The van der Waals surface area contributed by atoms with E-state index in [2.05, 4.69) is 36.2 Å². The maximum absolute atomic E-state index is 10.1. The molecule has 0 saturated carbocycles. The van der Waals surface area contributed by atoms with Gasteiger partial charge >= 0.3 is 44.4 Å². The Kier molecular flexibility index (Phi) is 52.8. The highest BCUT2D eigenvalue weighted by Gasteiger charge is 2.06. The van der Waals surface area contributed by atoms with Crippen molar-refractivity contribution in [2.24, 2.45) is 0 Å². The lowest BCUT2D eigenvalue weighted by Crippen LogP contribution is -2.23. The van der Waals surface area contributed by atoms with Crippen molar-refractivity contribution in [3.05, 3.63) is 12.4 Å². The fourth-order valence-corrected chi connectivity index (χ4v) is 1.83. The second kappa shape index (κ2) is 40.3. The maximum atomic E-state index is 10.1. The molecule has 0 aliphatic carbocycles. The Morgan fingerprint density at radius 2 is 0.789 bits per heavy atom. The van der Waals surface area contributed by atoms with Gasteiger partial charge in [-0.25, -0.2) is 0 Å². The number of unbranched alkanes of at least 4 members (excludes halogenated alkanes) is 5. The molecule has 14 nitrogen and oxygen atoms in total. The van der Waals surface area contributed by atoms with E-state index < -0.39 is 44.4 Å². The summed E-state index contributed by atoms with van der Waals surface area (Å²) in [6.45, 7) is 4.58. The zero-order chi connectivity index (χ0) is 31.7. The molecule has 1 aliphatic rings. The highest BCUT2D eigenvalue weighted by atomic mass is 19.1. The summed E-state index contributed by atoms with van der Waals surface area (Å²) in [7, 11) is -13.9. The van der Waals surface area contributed by atoms with Gasteiger partial charge in [0.1, 0.15) is 0 Å². The quantitative estimate of drug-likeness (QED) is 0.0798. The second-order valence-electron chi connectivity index (χ2n) is 6.14. The van der Waals surface area contributed by atoms with Crippen LogP contribution in [0.5, 0.6) is 0 Å². The molecule has 1 heterocycles. The Morgan fingerprint density at radius 3 is 1.03 bits per heavy atom. The smallest absolute Gasteiger partial charge is 0.398 e. The lowest BCUT2D eigenvalue weighted by Gasteiger charge is -2.17. The van der Waals surface area contributed by atoms with Crippen molar-refractivity contribution >= 4 is 44.4 Å². The van der Waals surface area contributed by atoms with Crippen LogP contribution in [0, 0.1) is 0 Å². The first-order valence-electron chi connectivity index (χ1n) is 10.4. The van der Waals surface area contributed by atoms with Gasteiger partial charge in [0.15, 0.2) is 0 Å².